The van der Waals surface area contributed by atoms with Gasteiger partial charge in [-0.25, -0.2) is 9.97 Å². The fraction of sp³-hybridized carbons (Fsp3) is 0.600. The van der Waals surface area contributed by atoms with Crippen LogP contribution in [0.2, 0.25) is 5.15 Å². The lowest BCUT2D eigenvalue weighted by atomic mass is 10.1. The lowest BCUT2D eigenvalue weighted by Gasteiger charge is -2.27. The van der Waals surface area contributed by atoms with Crippen LogP contribution in [0.15, 0.2) is 0 Å². The molecule has 1 aromatic rings. The quantitative estimate of drug-likeness (QED) is 0.461. The zero-order valence-electron chi connectivity index (χ0n) is 9.52. The van der Waals surface area contributed by atoms with Crippen molar-refractivity contribution in [2.75, 3.05) is 18.0 Å². The second-order valence-electron chi connectivity index (χ2n) is 4.04. The van der Waals surface area contributed by atoms with Crippen molar-refractivity contribution in [1.29, 1.82) is 0 Å². The first-order valence-electron chi connectivity index (χ1n) is 5.53. The predicted molar refractivity (Wildman–Crippen MR) is 64.5 cm³/mol. The van der Waals surface area contributed by atoms with Crippen LogP contribution < -0.4 is 4.90 Å². The number of aromatic nitrogens is 2. The number of hydrogen-bond donors (Lipinski definition) is 0. The van der Waals surface area contributed by atoms with Gasteiger partial charge in [-0.05, 0) is 26.2 Å². The van der Waals surface area contributed by atoms with Gasteiger partial charge in [0.15, 0.2) is 0 Å². The van der Waals surface area contributed by atoms with Crippen molar-refractivity contribution in [2.45, 2.75) is 26.2 Å². The molecule has 0 aliphatic carbocycles. The molecular formula is C10H13ClN4O2. The molecule has 0 radical (unpaired) electrons. The zero-order valence-corrected chi connectivity index (χ0v) is 10.3. The number of aryl methyl sites for hydroxylation is 1. The Kier molecular flexibility index (Phi) is 3.42. The molecule has 0 N–H and O–H groups in total. The molecular weight excluding hydrogens is 244 g/mol. The third-order valence-electron chi connectivity index (χ3n) is 2.77. The highest BCUT2D eigenvalue weighted by atomic mass is 35.5. The number of hydrogen-bond acceptors (Lipinski definition) is 5. The molecule has 0 unspecified atom stereocenters. The van der Waals surface area contributed by atoms with Gasteiger partial charge in [-0.3, -0.25) is 10.1 Å². The fourth-order valence-electron chi connectivity index (χ4n) is 2.00. The highest BCUT2D eigenvalue weighted by Crippen LogP contribution is 2.33. The summed E-state index contributed by atoms with van der Waals surface area (Å²) in [5.41, 5.74) is -0.181. The van der Waals surface area contributed by atoms with E-state index in [1.54, 1.807) is 6.92 Å². The standard InChI is InChI=1S/C10H13ClN4O2/c1-7-12-9(11)8(15(16)17)10(13-7)14-5-3-2-4-6-14/h2-6H2,1H3. The smallest absolute Gasteiger partial charge is 0.348 e. The summed E-state index contributed by atoms with van der Waals surface area (Å²) < 4.78 is 0. The largest absolute Gasteiger partial charge is 0.351 e. The molecule has 1 saturated heterocycles. The molecule has 0 aromatic carbocycles. The van der Waals surface area contributed by atoms with E-state index in [2.05, 4.69) is 9.97 Å². The minimum atomic E-state index is -0.508. The van der Waals surface area contributed by atoms with Gasteiger partial charge in [0.05, 0.1) is 4.92 Å². The summed E-state index contributed by atoms with van der Waals surface area (Å²) in [5.74, 6) is 0.813. The van der Waals surface area contributed by atoms with Crippen molar-refractivity contribution in [3.8, 4) is 0 Å². The third kappa shape index (κ3) is 2.46. The number of nitrogens with zero attached hydrogens (tertiary/aromatic N) is 4. The minimum absolute atomic E-state index is 0.0805. The van der Waals surface area contributed by atoms with Crippen LogP contribution in [0.3, 0.4) is 0 Å². The van der Waals surface area contributed by atoms with E-state index in [9.17, 15) is 10.1 Å². The van der Waals surface area contributed by atoms with Gasteiger partial charge >= 0.3 is 5.69 Å². The van der Waals surface area contributed by atoms with Crippen LogP contribution in [0.25, 0.3) is 0 Å². The Hall–Kier alpha value is -1.43. The summed E-state index contributed by atoms with van der Waals surface area (Å²) in [5, 5.41) is 10.9. The highest BCUT2D eigenvalue weighted by Gasteiger charge is 2.27. The summed E-state index contributed by atoms with van der Waals surface area (Å²) in [4.78, 5) is 20.4. The first-order valence-corrected chi connectivity index (χ1v) is 5.91. The molecule has 0 atom stereocenters. The molecule has 0 saturated carbocycles. The molecule has 17 heavy (non-hydrogen) atoms. The molecule has 6 nitrogen and oxygen atoms in total. The number of rotatable bonds is 2. The van der Waals surface area contributed by atoms with E-state index in [1.165, 1.54) is 0 Å². The van der Waals surface area contributed by atoms with Crippen LogP contribution in [0.1, 0.15) is 25.1 Å². The molecule has 1 fully saturated rings. The number of halogens is 1. The van der Waals surface area contributed by atoms with E-state index in [4.69, 9.17) is 11.6 Å². The average Bonchev–Trinajstić information content (AvgIpc) is 2.28. The number of anilines is 1. The fourth-order valence-corrected chi connectivity index (χ4v) is 2.28. The van der Waals surface area contributed by atoms with Crippen molar-refractivity contribution in [3.05, 3.63) is 21.1 Å². The Morgan fingerprint density at radius 1 is 1.29 bits per heavy atom. The van der Waals surface area contributed by atoms with Gasteiger partial charge in [0.2, 0.25) is 11.0 Å². The normalized spacial score (nSPS) is 16.0. The summed E-state index contributed by atoms with van der Waals surface area (Å²) in [6.07, 6.45) is 3.21. The molecule has 2 rings (SSSR count). The topological polar surface area (TPSA) is 72.2 Å². The maximum atomic E-state index is 11.0. The van der Waals surface area contributed by atoms with E-state index >= 15 is 0 Å². The van der Waals surface area contributed by atoms with Gasteiger partial charge in [-0.2, -0.15) is 0 Å². The highest BCUT2D eigenvalue weighted by molar-refractivity contribution is 6.31. The van der Waals surface area contributed by atoms with Crippen molar-refractivity contribution in [1.82, 2.24) is 9.97 Å². The molecule has 0 amide bonds. The Bertz CT molecular complexity index is 446. The van der Waals surface area contributed by atoms with Crippen molar-refractivity contribution < 1.29 is 4.92 Å². The molecule has 1 aliphatic heterocycles. The van der Waals surface area contributed by atoms with E-state index in [1.807, 2.05) is 4.90 Å². The Balaban J connectivity index is 2.46. The maximum Gasteiger partial charge on any atom is 0.348 e. The zero-order chi connectivity index (χ0) is 12.4. The maximum absolute atomic E-state index is 11.0. The van der Waals surface area contributed by atoms with Crippen LogP contribution in [0.4, 0.5) is 11.5 Å². The van der Waals surface area contributed by atoms with Crippen LogP contribution in [0, 0.1) is 17.0 Å². The number of piperidine rings is 1. The van der Waals surface area contributed by atoms with E-state index in [-0.39, 0.29) is 10.8 Å². The SMILES string of the molecule is Cc1nc(Cl)c([N+](=O)[O-])c(N2CCCCC2)n1. The van der Waals surface area contributed by atoms with Gasteiger partial charge in [0.25, 0.3) is 0 Å². The van der Waals surface area contributed by atoms with Crippen LogP contribution in [-0.4, -0.2) is 28.0 Å². The molecule has 7 heteroatoms. The monoisotopic (exact) mass is 256 g/mol. The molecule has 2 heterocycles. The molecule has 0 bridgehead atoms. The van der Waals surface area contributed by atoms with Gasteiger partial charge in [-0.1, -0.05) is 11.6 Å². The summed E-state index contributed by atoms with van der Waals surface area (Å²) in [6.45, 7) is 3.25. The lowest BCUT2D eigenvalue weighted by Crippen LogP contribution is -2.31. The van der Waals surface area contributed by atoms with E-state index in [0.29, 0.717) is 11.6 Å². The van der Waals surface area contributed by atoms with Gasteiger partial charge < -0.3 is 4.90 Å². The minimum Gasteiger partial charge on any atom is -0.351 e. The summed E-state index contributed by atoms with van der Waals surface area (Å²) in [6, 6.07) is 0. The Labute approximate surface area is 104 Å². The van der Waals surface area contributed by atoms with Crippen molar-refractivity contribution in [3.63, 3.8) is 0 Å². The Morgan fingerprint density at radius 3 is 2.53 bits per heavy atom. The Morgan fingerprint density at radius 2 is 1.94 bits per heavy atom. The van der Waals surface area contributed by atoms with Gasteiger partial charge in [0.1, 0.15) is 5.82 Å². The van der Waals surface area contributed by atoms with Gasteiger partial charge in [-0.15, -0.1) is 0 Å². The molecule has 1 aliphatic rings. The van der Waals surface area contributed by atoms with Crippen molar-refractivity contribution >= 4 is 23.1 Å². The first-order chi connectivity index (χ1) is 8.09. The van der Waals surface area contributed by atoms with Gasteiger partial charge in [0, 0.05) is 13.1 Å². The first kappa shape index (κ1) is 12.0. The van der Waals surface area contributed by atoms with E-state index < -0.39 is 4.92 Å². The summed E-state index contributed by atoms with van der Waals surface area (Å²) >= 11 is 5.83. The molecule has 92 valence electrons. The molecule has 0 spiro atoms. The summed E-state index contributed by atoms with van der Waals surface area (Å²) in [7, 11) is 0. The van der Waals surface area contributed by atoms with E-state index in [0.717, 1.165) is 32.4 Å². The average molecular weight is 257 g/mol. The van der Waals surface area contributed by atoms with Crippen LogP contribution >= 0.6 is 11.6 Å². The predicted octanol–water partition coefficient (Wildman–Crippen LogP) is 2.34. The second-order valence-corrected chi connectivity index (χ2v) is 4.40. The third-order valence-corrected chi connectivity index (χ3v) is 3.04. The molecule has 1 aromatic heterocycles. The second kappa shape index (κ2) is 4.83. The lowest BCUT2D eigenvalue weighted by molar-refractivity contribution is -0.384. The van der Waals surface area contributed by atoms with Crippen molar-refractivity contribution in [2.24, 2.45) is 0 Å². The van der Waals surface area contributed by atoms with Crippen LogP contribution in [0.5, 0.6) is 0 Å². The van der Waals surface area contributed by atoms with Crippen LogP contribution in [-0.2, 0) is 0 Å². The number of nitro groups is 1.